The molecule has 0 saturated carbocycles. The van der Waals surface area contributed by atoms with E-state index in [0.717, 1.165) is 6.42 Å². The van der Waals surface area contributed by atoms with E-state index >= 15 is 0 Å². The number of hydrogen-bond acceptors (Lipinski definition) is 2. The Balaban J connectivity index is 3.32. The second-order valence-electron chi connectivity index (χ2n) is 6.18. The van der Waals surface area contributed by atoms with Gasteiger partial charge in [0, 0.05) is 0 Å². The lowest BCUT2D eigenvalue weighted by molar-refractivity contribution is -0.142. The Morgan fingerprint density at radius 3 is 1.92 bits per heavy atom. The monoisotopic (exact) mass is 334 g/mol. The van der Waals surface area contributed by atoms with Gasteiger partial charge in [-0.25, -0.2) is 0 Å². The molecule has 0 aromatic rings. The maximum Gasteiger partial charge on any atom is 0.309 e. The summed E-state index contributed by atoms with van der Waals surface area (Å²) in [5.41, 5.74) is 0. The van der Waals surface area contributed by atoms with Crippen molar-refractivity contribution < 1.29 is 9.53 Å². The van der Waals surface area contributed by atoms with Crippen LogP contribution in [0, 0.1) is 0 Å². The molecule has 0 heterocycles. The molecule has 0 radical (unpaired) electrons. The van der Waals surface area contributed by atoms with Gasteiger partial charge in [0.2, 0.25) is 0 Å². The molecule has 0 aliphatic rings. The van der Waals surface area contributed by atoms with Crippen LogP contribution in [0.25, 0.3) is 0 Å². The second kappa shape index (κ2) is 19.7. The first-order valence-corrected chi connectivity index (χ1v) is 9.93. The quantitative estimate of drug-likeness (QED) is 0.132. The van der Waals surface area contributed by atoms with Crippen LogP contribution in [0.2, 0.25) is 0 Å². The average molecular weight is 335 g/mol. The van der Waals surface area contributed by atoms with Gasteiger partial charge >= 0.3 is 5.97 Å². The zero-order valence-corrected chi connectivity index (χ0v) is 16.0. The first kappa shape index (κ1) is 22.7. The maximum absolute atomic E-state index is 11.1. The van der Waals surface area contributed by atoms with Gasteiger partial charge in [-0.3, -0.25) is 4.79 Å². The molecule has 0 rings (SSSR count). The third-order valence-electron chi connectivity index (χ3n) is 3.86. The minimum Gasteiger partial charge on any atom is -0.466 e. The molecule has 0 aliphatic carbocycles. The molecule has 2 heteroatoms. The van der Waals surface area contributed by atoms with Gasteiger partial charge in [-0.2, -0.15) is 0 Å². The van der Waals surface area contributed by atoms with Crippen LogP contribution in [-0.2, 0) is 9.53 Å². The van der Waals surface area contributed by atoms with Crippen molar-refractivity contribution in [2.75, 3.05) is 6.61 Å². The number of allylic oxidation sites excluding steroid dienone is 5. The fraction of sp³-hybridized carbons (Fsp3) is 0.682. The van der Waals surface area contributed by atoms with Gasteiger partial charge in [0.15, 0.2) is 0 Å². The van der Waals surface area contributed by atoms with Crippen molar-refractivity contribution in [3.05, 3.63) is 36.5 Å². The molecule has 0 N–H and O–H groups in total. The molecule has 0 aromatic carbocycles. The molecule has 2 nitrogen and oxygen atoms in total. The highest BCUT2D eigenvalue weighted by Gasteiger charge is 1.94. The van der Waals surface area contributed by atoms with Crippen LogP contribution in [0.1, 0.15) is 90.9 Å². The summed E-state index contributed by atoms with van der Waals surface area (Å²) in [6.45, 7) is 4.54. The summed E-state index contributed by atoms with van der Waals surface area (Å²) in [7, 11) is 0. The summed E-state index contributed by atoms with van der Waals surface area (Å²) in [6, 6.07) is 0. The standard InChI is InChI=1S/C22H38O2/c1-3-5-6-7-8-9-10-11-12-13-14-15-16-17-18-19-20-21-22(23)24-4-2/h11-12,17-20H,3-10,13-16,21H2,1-2H3/b12-11?,18-17+,20-19-. The Labute approximate surface area is 150 Å². The molecule has 24 heavy (non-hydrogen) atoms. The van der Waals surface area contributed by atoms with E-state index in [-0.39, 0.29) is 5.97 Å². The Morgan fingerprint density at radius 2 is 1.25 bits per heavy atom. The lowest BCUT2D eigenvalue weighted by atomic mass is 10.1. The predicted molar refractivity (Wildman–Crippen MR) is 105 cm³/mol. The Morgan fingerprint density at radius 1 is 0.708 bits per heavy atom. The summed E-state index contributed by atoms with van der Waals surface area (Å²) in [4.78, 5) is 11.1. The highest BCUT2D eigenvalue weighted by molar-refractivity contribution is 5.71. The SMILES string of the molecule is CCCCCCCCC=CCCCC/C=C/C=C\CC(=O)OCC. The van der Waals surface area contributed by atoms with Crippen molar-refractivity contribution in [3.8, 4) is 0 Å². The zero-order chi connectivity index (χ0) is 17.7. The first-order valence-electron chi connectivity index (χ1n) is 9.93. The molecule has 0 saturated heterocycles. The van der Waals surface area contributed by atoms with Gasteiger partial charge in [0.25, 0.3) is 0 Å². The van der Waals surface area contributed by atoms with Crippen molar-refractivity contribution in [3.63, 3.8) is 0 Å². The lowest BCUT2D eigenvalue weighted by Crippen LogP contribution is -2.01. The average Bonchev–Trinajstić information content (AvgIpc) is 2.58. The molecule has 0 aromatic heterocycles. The van der Waals surface area contributed by atoms with Gasteiger partial charge in [-0.1, -0.05) is 75.5 Å². The maximum atomic E-state index is 11.1. The Hall–Kier alpha value is -1.31. The third kappa shape index (κ3) is 18.7. The number of carbonyl (C=O) groups is 1. The minimum absolute atomic E-state index is 0.158. The van der Waals surface area contributed by atoms with E-state index in [0.29, 0.717) is 13.0 Å². The molecule has 0 bridgehead atoms. The topological polar surface area (TPSA) is 26.3 Å². The molecule has 0 atom stereocenters. The minimum atomic E-state index is -0.158. The van der Waals surface area contributed by atoms with E-state index in [1.165, 1.54) is 64.2 Å². The normalized spacial score (nSPS) is 11.9. The number of unbranched alkanes of at least 4 members (excludes halogenated alkanes) is 9. The van der Waals surface area contributed by atoms with Gasteiger partial charge < -0.3 is 4.74 Å². The zero-order valence-electron chi connectivity index (χ0n) is 16.0. The summed E-state index contributed by atoms with van der Waals surface area (Å²) >= 11 is 0. The van der Waals surface area contributed by atoms with Crippen molar-refractivity contribution in [1.29, 1.82) is 0 Å². The highest BCUT2D eigenvalue weighted by Crippen LogP contribution is 2.08. The second-order valence-corrected chi connectivity index (χ2v) is 6.18. The van der Waals surface area contributed by atoms with Crippen LogP contribution in [-0.4, -0.2) is 12.6 Å². The van der Waals surface area contributed by atoms with Crippen molar-refractivity contribution in [2.24, 2.45) is 0 Å². The third-order valence-corrected chi connectivity index (χ3v) is 3.86. The molecule has 0 fully saturated rings. The van der Waals surface area contributed by atoms with Gasteiger partial charge in [-0.05, 0) is 45.4 Å². The Kier molecular flexibility index (Phi) is 18.7. The lowest BCUT2D eigenvalue weighted by Gasteiger charge is -1.97. The van der Waals surface area contributed by atoms with E-state index in [4.69, 9.17) is 4.74 Å². The summed E-state index contributed by atoms with van der Waals surface area (Å²) in [5.74, 6) is -0.158. The van der Waals surface area contributed by atoms with Crippen LogP contribution in [0.3, 0.4) is 0 Å². The molecule has 0 amide bonds. The van der Waals surface area contributed by atoms with Crippen molar-refractivity contribution >= 4 is 5.97 Å². The van der Waals surface area contributed by atoms with Crippen LogP contribution in [0.4, 0.5) is 0 Å². The number of carbonyl (C=O) groups excluding carboxylic acids is 1. The highest BCUT2D eigenvalue weighted by atomic mass is 16.5. The smallest absolute Gasteiger partial charge is 0.309 e. The molecule has 0 spiro atoms. The predicted octanol–water partition coefficient (Wildman–Crippen LogP) is 6.92. The van der Waals surface area contributed by atoms with Gasteiger partial charge in [0.05, 0.1) is 13.0 Å². The fourth-order valence-corrected chi connectivity index (χ4v) is 2.44. The number of hydrogen-bond donors (Lipinski definition) is 0. The Bertz CT molecular complexity index is 353. The van der Waals surface area contributed by atoms with Crippen LogP contribution < -0.4 is 0 Å². The summed E-state index contributed by atoms with van der Waals surface area (Å²) in [6.07, 6.45) is 27.3. The van der Waals surface area contributed by atoms with Crippen molar-refractivity contribution in [2.45, 2.75) is 90.9 Å². The molecule has 0 unspecified atom stereocenters. The number of rotatable bonds is 16. The summed E-state index contributed by atoms with van der Waals surface area (Å²) in [5, 5.41) is 0. The van der Waals surface area contributed by atoms with Gasteiger partial charge in [-0.15, -0.1) is 0 Å². The first-order chi connectivity index (χ1) is 11.8. The molecule has 0 aliphatic heterocycles. The number of esters is 1. The van der Waals surface area contributed by atoms with Crippen LogP contribution in [0.15, 0.2) is 36.5 Å². The summed E-state index contributed by atoms with van der Waals surface area (Å²) < 4.78 is 4.85. The number of ether oxygens (including phenoxy) is 1. The molecule has 138 valence electrons. The van der Waals surface area contributed by atoms with E-state index in [1.807, 2.05) is 25.2 Å². The van der Waals surface area contributed by atoms with E-state index < -0.39 is 0 Å². The van der Waals surface area contributed by atoms with E-state index in [2.05, 4.69) is 25.2 Å². The van der Waals surface area contributed by atoms with Crippen molar-refractivity contribution in [1.82, 2.24) is 0 Å². The molecular formula is C22H38O2. The molecular weight excluding hydrogens is 296 g/mol. The fourth-order valence-electron chi connectivity index (χ4n) is 2.44. The van der Waals surface area contributed by atoms with E-state index in [9.17, 15) is 4.79 Å². The van der Waals surface area contributed by atoms with Crippen LogP contribution >= 0.6 is 0 Å². The van der Waals surface area contributed by atoms with Gasteiger partial charge in [0.1, 0.15) is 0 Å². The largest absolute Gasteiger partial charge is 0.466 e. The van der Waals surface area contributed by atoms with E-state index in [1.54, 1.807) is 0 Å². The van der Waals surface area contributed by atoms with Crippen LogP contribution in [0.5, 0.6) is 0 Å².